The van der Waals surface area contributed by atoms with Gasteiger partial charge in [0.05, 0.1) is 17.4 Å². The first-order chi connectivity index (χ1) is 12.9. The Balaban J connectivity index is 2.04. The molecule has 27 heavy (non-hydrogen) atoms. The number of rotatable bonds is 3. The summed E-state index contributed by atoms with van der Waals surface area (Å²) in [5.41, 5.74) is 2.10. The molecular formula is C18H21ClN6O2. The summed E-state index contributed by atoms with van der Waals surface area (Å²) in [6.07, 6.45) is 1.31. The fourth-order valence-electron chi connectivity index (χ4n) is 3.32. The van der Waals surface area contributed by atoms with Crippen LogP contribution in [0.2, 0.25) is 5.15 Å². The third kappa shape index (κ3) is 4.06. The Morgan fingerprint density at radius 1 is 1.26 bits per heavy atom. The number of carbonyl (C=O) groups excluding carboxylic acids is 2. The van der Waals surface area contributed by atoms with Crippen LogP contribution in [0.5, 0.6) is 0 Å². The van der Waals surface area contributed by atoms with Crippen LogP contribution in [0.4, 0.5) is 0 Å². The van der Waals surface area contributed by atoms with E-state index in [2.05, 4.69) is 25.6 Å². The number of nitrogens with one attached hydrogen (secondary N) is 2. The summed E-state index contributed by atoms with van der Waals surface area (Å²) in [5.74, 6) is -0.305. The second-order valence-electron chi connectivity index (χ2n) is 6.38. The lowest BCUT2D eigenvalue weighted by Gasteiger charge is -2.40. The van der Waals surface area contributed by atoms with Gasteiger partial charge in [-0.15, -0.1) is 0 Å². The van der Waals surface area contributed by atoms with Crippen molar-refractivity contribution < 1.29 is 9.59 Å². The molecule has 0 bridgehead atoms. The molecule has 142 valence electrons. The maximum atomic E-state index is 12.1. The van der Waals surface area contributed by atoms with Crippen molar-refractivity contribution in [1.82, 2.24) is 30.5 Å². The number of aromatic nitrogens is 3. The van der Waals surface area contributed by atoms with E-state index in [1.165, 1.54) is 13.4 Å². The maximum absolute atomic E-state index is 12.1. The number of halogens is 1. The largest absolute Gasteiger partial charge is 0.354 e. The van der Waals surface area contributed by atoms with Gasteiger partial charge in [-0.25, -0.2) is 15.0 Å². The molecule has 2 atom stereocenters. The molecule has 1 fully saturated rings. The number of piperazine rings is 1. The zero-order valence-corrected chi connectivity index (χ0v) is 16.1. The second-order valence-corrected chi connectivity index (χ2v) is 6.76. The van der Waals surface area contributed by atoms with Crippen molar-refractivity contribution in [1.29, 1.82) is 0 Å². The van der Waals surface area contributed by atoms with Gasteiger partial charge in [0.25, 0.3) is 5.91 Å². The molecule has 3 heterocycles. The van der Waals surface area contributed by atoms with E-state index in [-0.39, 0.29) is 29.6 Å². The minimum atomic E-state index is -0.311. The van der Waals surface area contributed by atoms with Crippen molar-refractivity contribution in [2.24, 2.45) is 0 Å². The van der Waals surface area contributed by atoms with Gasteiger partial charge in [0, 0.05) is 33.1 Å². The van der Waals surface area contributed by atoms with E-state index in [0.29, 0.717) is 23.1 Å². The lowest BCUT2D eigenvalue weighted by atomic mass is 9.96. The molecule has 2 N–H and O–H groups in total. The molecule has 2 aromatic rings. The first-order valence-corrected chi connectivity index (χ1v) is 9.01. The number of carbonyl (C=O) groups is 2. The number of nitrogens with zero attached hydrogens (tertiary/aromatic N) is 4. The van der Waals surface area contributed by atoms with E-state index in [4.69, 9.17) is 11.6 Å². The average molecular weight is 389 g/mol. The first kappa shape index (κ1) is 19.2. The molecule has 1 saturated heterocycles. The highest BCUT2D eigenvalue weighted by Gasteiger charge is 2.32. The normalized spacial score (nSPS) is 19.6. The Morgan fingerprint density at radius 2 is 2.04 bits per heavy atom. The van der Waals surface area contributed by atoms with Crippen LogP contribution in [-0.4, -0.2) is 57.8 Å². The molecule has 2 amide bonds. The molecule has 2 aromatic heterocycles. The molecule has 2 unspecified atom stereocenters. The summed E-state index contributed by atoms with van der Waals surface area (Å²) in [5, 5.41) is 6.22. The van der Waals surface area contributed by atoms with Gasteiger partial charge < -0.3 is 15.5 Å². The van der Waals surface area contributed by atoms with E-state index < -0.39 is 0 Å². The molecular weight excluding hydrogens is 368 g/mol. The van der Waals surface area contributed by atoms with Crippen molar-refractivity contribution in [3.63, 3.8) is 0 Å². The number of hydrogen-bond acceptors (Lipinski definition) is 6. The predicted octanol–water partition coefficient (Wildman–Crippen LogP) is 1.43. The van der Waals surface area contributed by atoms with Crippen LogP contribution < -0.4 is 10.6 Å². The lowest BCUT2D eigenvalue weighted by molar-refractivity contribution is -0.133. The second kappa shape index (κ2) is 7.98. The molecule has 0 aromatic carbocycles. The quantitative estimate of drug-likeness (QED) is 0.771. The Bertz CT molecular complexity index is 875. The average Bonchev–Trinajstić information content (AvgIpc) is 2.66. The molecule has 3 rings (SSSR count). The summed E-state index contributed by atoms with van der Waals surface area (Å²) in [4.78, 5) is 38.3. The highest BCUT2D eigenvalue weighted by molar-refractivity contribution is 6.29. The topological polar surface area (TPSA) is 100 Å². The molecule has 0 saturated carbocycles. The van der Waals surface area contributed by atoms with Crippen molar-refractivity contribution in [3.05, 3.63) is 40.9 Å². The summed E-state index contributed by atoms with van der Waals surface area (Å²) >= 11 is 6.27. The molecule has 0 spiro atoms. The monoisotopic (exact) mass is 388 g/mol. The van der Waals surface area contributed by atoms with Gasteiger partial charge in [0.2, 0.25) is 5.91 Å². The van der Waals surface area contributed by atoms with Gasteiger partial charge in [-0.05, 0) is 30.7 Å². The van der Waals surface area contributed by atoms with Crippen LogP contribution in [0, 0.1) is 0 Å². The lowest BCUT2D eigenvalue weighted by Crippen LogP contribution is -2.52. The van der Waals surface area contributed by atoms with E-state index >= 15 is 0 Å². The molecule has 1 aliphatic rings. The summed E-state index contributed by atoms with van der Waals surface area (Å²) in [6, 6.07) is 5.06. The smallest absolute Gasteiger partial charge is 0.269 e. The molecule has 0 aliphatic carbocycles. The zero-order chi connectivity index (χ0) is 19.6. The van der Waals surface area contributed by atoms with E-state index in [1.54, 1.807) is 19.1 Å². The van der Waals surface area contributed by atoms with Gasteiger partial charge in [-0.2, -0.15) is 0 Å². The van der Waals surface area contributed by atoms with E-state index in [1.807, 2.05) is 17.9 Å². The SMILES string of the molecule is CNC(=O)c1cc(-c2cc(C3C(C)NCCN3C(C)=O)cc(Cl)n2)ncn1. The summed E-state index contributed by atoms with van der Waals surface area (Å²) in [6.45, 7) is 4.95. The van der Waals surface area contributed by atoms with Crippen LogP contribution in [0.1, 0.15) is 35.9 Å². The zero-order valence-electron chi connectivity index (χ0n) is 15.4. The minimum Gasteiger partial charge on any atom is -0.354 e. The van der Waals surface area contributed by atoms with Gasteiger partial charge in [-0.1, -0.05) is 11.6 Å². The van der Waals surface area contributed by atoms with Crippen LogP contribution in [-0.2, 0) is 4.79 Å². The van der Waals surface area contributed by atoms with Crippen LogP contribution >= 0.6 is 11.6 Å². The van der Waals surface area contributed by atoms with Crippen molar-refractivity contribution in [3.8, 4) is 11.4 Å². The van der Waals surface area contributed by atoms with E-state index in [0.717, 1.165) is 12.1 Å². The standard InChI is InChI=1S/C18H21ClN6O2/c1-10-17(25(11(2)26)5-4-21-10)12-6-14(24-16(19)7-12)13-8-15(18(27)20-3)23-9-22-13/h6-10,17,21H,4-5H2,1-3H3,(H,20,27). The van der Waals surface area contributed by atoms with Crippen molar-refractivity contribution in [2.45, 2.75) is 25.9 Å². The molecule has 8 nitrogen and oxygen atoms in total. The summed E-state index contributed by atoms with van der Waals surface area (Å²) < 4.78 is 0. The Labute approximate surface area is 162 Å². The molecule has 9 heteroatoms. The Hall–Kier alpha value is -2.58. The summed E-state index contributed by atoms with van der Waals surface area (Å²) in [7, 11) is 1.54. The fraction of sp³-hybridized carbons (Fsp3) is 0.389. The fourth-order valence-corrected chi connectivity index (χ4v) is 3.54. The Morgan fingerprint density at radius 3 is 2.74 bits per heavy atom. The van der Waals surface area contributed by atoms with E-state index in [9.17, 15) is 9.59 Å². The third-order valence-corrected chi connectivity index (χ3v) is 4.77. The Kier molecular flexibility index (Phi) is 5.67. The number of amides is 2. The van der Waals surface area contributed by atoms with Gasteiger partial charge >= 0.3 is 0 Å². The number of pyridine rings is 1. The highest BCUT2D eigenvalue weighted by Crippen LogP contribution is 2.31. The van der Waals surface area contributed by atoms with Gasteiger partial charge in [0.1, 0.15) is 17.2 Å². The van der Waals surface area contributed by atoms with Crippen LogP contribution in [0.25, 0.3) is 11.4 Å². The molecule has 0 radical (unpaired) electrons. The van der Waals surface area contributed by atoms with Gasteiger partial charge in [-0.3, -0.25) is 9.59 Å². The number of hydrogen-bond donors (Lipinski definition) is 2. The third-order valence-electron chi connectivity index (χ3n) is 4.58. The van der Waals surface area contributed by atoms with Crippen LogP contribution in [0.15, 0.2) is 24.5 Å². The van der Waals surface area contributed by atoms with Crippen molar-refractivity contribution in [2.75, 3.05) is 20.1 Å². The minimum absolute atomic E-state index is 0.00627. The van der Waals surface area contributed by atoms with Gasteiger partial charge in [0.15, 0.2) is 0 Å². The maximum Gasteiger partial charge on any atom is 0.269 e. The van der Waals surface area contributed by atoms with Crippen LogP contribution in [0.3, 0.4) is 0 Å². The van der Waals surface area contributed by atoms with Crippen molar-refractivity contribution >= 4 is 23.4 Å². The molecule has 1 aliphatic heterocycles. The highest BCUT2D eigenvalue weighted by atomic mass is 35.5. The first-order valence-electron chi connectivity index (χ1n) is 8.63. The predicted molar refractivity (Wildman–Crippen MR) is 101 cm³/mol.